The monoisotopic (exact) mass is 241 g/mol. The van der Waals surface area contributed by atoms with Gasteiger partial charge in [-0.05, 0) is 6.92 Å². The van der Waals surface area contributed by atoms with Crippen molar-refractivity contribution in [1.29, 1.82) is 0 Å². The van der Waals surface area contributed by atoms with Gasteiger partial charge in [-0.2, -0.15) is 0 Å². The largest absolute Gasteiger partial charge is 0.480 e. The maximum absolute atomic E-state index is 10.9. The molecule has 88 valence electrons. The average Bonchev–Trinajstić information content (AvgIpc) is 2.81. The number of thiazole rings is 1. The fourth-order valence-corrected chi connectivity index (χ4v) is 2.62. The van der Waals surface area contributed by atoms with Crippen molar-refractivity contribution < 1.29 is 9.90 Å². The van der Waals surface area contributed by atoms with Crippen molar-refractivity contribution in [3.8, 4) is 0 Å². The molecule has 1 aromatic heterocycles. The number of piperazine rings is 1. The van der Waals surface area contributed by atoms with Crippen LogP contribution in [0.25, 0.3) is 0 Å². The quantitative estimate of drug-likeness (QED) is 0.809. The Morgan fingerprint density at radius 1 is 1.81 bits per heavy atom. The van der Waals surface area contributed by atoms with E-state index in [0.717, 1.165) is 11.6 Å². The summed E-state index contributed by atoms with van der Waals surface area (Å²) in [5, 5.41) is 15.0. The van der Waals surface area contributed by atoms with Crippen LogP contribution >= 0.6 is 11.3 Å². The molecule has 6 heteroatoms. The second-order valence-electron chi connectivity index (χ2n) is 3.89. The van der Waals surface area contributed by atoms with Crippen LogP contribution in [0.1, 0.15) is 18.0 Å². The van der Waals surface area contributed by atoms with E-state index in [1.54, 1.807) is 17.5 Å². The smallest absolute Gasteiger partial charge is 0.322 e. The van der Waals surface area contributed by atoms with E-state index in [1.165, 1.54) is 0 Å². The molecule has 0 aliphatic carbocycles. The van der Waals surface area contributed by atoms with Gasteiger partial charge in [-0.3, -0.25) is 9.69 Å². The van der Waals surface area contributed by atoms with Gasteiger partial charge in [0.15, 0.2) is 0 Å². The van der Waals surface area contributed by atoms with Crippen molar-refractivity contribution in [1.82, 2.24) is 15.2 Å². The lowest BCUT2D eigenvalue weighted by Crippen LogP contribution is -2.54. The Labute approximate surface area is 98.1 Å². The van der Waals surface area contributed by atoms with E-state index in [9.17, 15) is 4.79 Å². The number of rotatable bonds is 3. The molecule has 1 fully saturated rings. The van der Waals surface area contributed by atoms with Crippen LogP contribution in [-0.2, 0) is 4.79 Å². The van der Waals surface area contributed by atoms with Gasteiger partial charge in [0.05, 0.1) is 6.04 Å². The third kappa shape index (κ3) is 2.40. The standard InChI is InChI=1S/C10H15N3O2S/c1-7(9-12-3-5-16-9)13-4-2-11-8(6-13)10(14)15/h3,5,7-8,11H,2,4,6H2,1H3,(H,14,15)/t7-,8-/m0/s1. The van der Waals surface area contributed by atoms with Crippen molar-refractivity contribution in [2.45, 2.75) is 19.0 Å². The molecule has 2 rings (SSSR count). The van der Waals surface area contributed by atoms with Crippen molar-refractivity contribution in [3.63, 3.8) is 0 Å². The highest BCUT2D eigenvalue weighted by Gasteiger charge is 2.28. The Kier molecular flexibility index (Phi) is 3.52. The van der Waals surface area contributed by atoms with Gasteiger partial charge in [-0.1, -0.05) is 0 Å². The molecule has 0 amide bonds. The minimum atomic E-state index is -0.781. The van der Waals surface area contributed by atoms with Crippen molar-refractivity contribution in [2.24, 2.45) is 0 Å². The summed E-state index contributed by atoms with van der Waals surface area (Å²) in [5.74, 6) is -0.781. The van der Waals surface area contributed by atoms with Gasteiger partial charge in [-0.15, -0.1) is 11.3 Å². The molecule has 0 unspecified atom stereocenters. The minimum Gasteiger partial charge on any atom is -0.480 e. The number of hydrogen-bond donors (Lipinski definition) is 2. The Morgan fingerprint density at radius 2 is 2.62 bits per heavy atom. The van der Waals surface area contributed by atoms with Crippen molar-refractivity contribution in [2.75, 3.05) is 19.6 Å². The van der Waals surface area contributed by atoms with E-state index in [4.69, 9.17) is 5.11 Å². The van der Waals surface area contributed by atoms with E-state index in [-0.39, 0.29) is 6.04 Å². The number of aliphatic carboxylic acids is 1. The average molecular weight is 241 g/mol. The summed E-state index contributed by atoms with van der Waals surface area (Å²) in [5.41, 5.74) is 0. The van der Waals surface area contributed by atoms with E-state index in [2.05, 4.69) is 22.1 Å². The second-order valence-corrected chi connectivity index (χ2v) is 4.81. The van der Waals surface area contributed by atoms with Gasteiger partial charge in [0.2, 0.25) is 0 Å². The summed E-state index contributed by atoms with van der Waals surface area (Å²) in [4.78, 5) is 17.3. The summed E-state index contributed by atoms with van der Waals surface area (Å²) < 4.78 is 0. The van der Waals surface area contributed by atoms with E-state index in [1.807, 2.05) is 5.38 Å². The number of carboxylic acids is 1. The molecule has 5 nitrogen and oxygen atoms in total. The lowest BCUT2D eigenvalue weighted by Gasteiger charge is -2.34. The highest BCUT2D eigenvalue weighted by atomic mass is 32.1. The number of hydrogen-bond acceptors (Lipinski definition) is 5. The predicted molar refractivity (Wildman–Crippen MR) is 61.5 cm³/mol. The molecular formula is C10H15N3O2S. The molecule has 0 radical (unpaired) electrons. The first-order valence-corrected chi connectivity index (χ1v) is 6.16. The van der Waals surface area contributed by atoms with Crippen molar-refractivity contribution in [3.05, 3.63) is 16.6 Å². The molecule has 1 aromatic rings. The summed E-state index contributed by atoms with van der Waals surface area (Å²) >= 11 is 1.61. The van der Waals surface area contributed by atoms with Crippen LogP contribution in [-0.4, -0.2) is 46.6 Å². The molecule has 0 aromatic carbocycles. The van der Waals surface area contributed by atoms with Gasteiger partial charge in [0.25, 0.3) is 0 Å². The topological polar surface area (TPSA) is 65.5 Å². The Hall–Kier alpha value is -0.980. The van der Waals surface area contributed by atoms with Crippen LogP contribution in [0.4, 0.5) is 0 Å². The van der Waals surface area contributed by atoms with Gasteiger partial charge < -0.3 is 10.4 Å². The molecule has 0 spiro atoms. The molecule has 2 atom stereocenters. The SMILES string of the molecule is C[C@@H](c1nccs1)N1CCN[C@H](C(=O)O)C1. The predicted octanol–water partition coefficient (Wildman–Crippen LogP) is 0.562. The van der Waals surface area contributed by atoms with Gasteiger partial charge in [0.1, 0.15) is 11.0 Å². The van der Waals surface area contributed by atoms with E-state index >= 15 is 0 Å². The van der Waals surface area contributed by atoms with Gasteiger partial charge >= 0.3 is 5.97 Å². The maximum atomic E-state index is 10.9. The molecule has 1 aliphatic heterocycles. The normalized spacial score (nSPS) is 24.2. The second kappa shape index (κ2) is 4.90. The van der Waals surface area contributed by atoms with E-state index in [0.29, 0.717) is 13.1 Å². The van der Waals surface area contributed by atoms with E-state index < -0.39 is 12.0 Å². The van der Waals surface area contributed by atoms with Crippen LogP contribution in [0.5, 0.6) is 0 Å². The first-order chi connectivity index (χ1) is 7.68. The number of aromatic nitrogens is 1. The highest BCUT2D eigenvalue weighted by Crippen LogP contribution is 2.22. The first kappa shape index (κ1) is 11.5. The molecule has 1 aliphatic rings. The highest BCUT2D eigenvalue weighted by molar-refractivity contribution is 7.09. The number of nitrogens with one attached hydrogen (secondary N) is 1. The molecular weight excluding hydrogens is 226 g/mol. The molecule has 1 saturated heterocycles. The molecule has 0 bridgehead atoms. The zero-order valence-electron chi connectivity index (χ0n) is 9.09. The zero-order valence-corrected chi connectivity index (χ0v) is 9.91. The van der Waals surface area contributed by atoms with Gasteiger partial charge in [0, 0.05) is 31.2 Å². The Balaban J connectivity index is 2.01. The lowest BCUT2D eigenvalue weighted by molar-refractivity contribution is -0.140. The van der Waals surface area contributed by atoms with Crippen LogP contribution < -0.4 is 5.32 Å². The van der Waals surface area contributed by atoms with Crippen molar-refractivity contribution >= 4 is 17.3 Å². The zero-order chi connectivity index (χ0) is 11.5. The first-order valence-electron chi connectivity index (χ1n) is 5.28. The van der Waals surface area contributed by atoms with Crippen LogP contribution in [0, 0.1) is 0 Å². The fraction of sp³-hybridized carbons (Fsp3) is 0.600. The maximum Gasteiger partial charge on any atom is 0.322 e. The van der Waals surface area contributed by atoms with Crippen LogP contribution in [0.3, 0.4) is 0 Å². The Bertz CT molecular complexity index is 355. The molecule has 2 heterocycles. The molecule has 2 N–H and O–H groups in total. The van der Waals surface area contributed by atoms with Crippen LogP contribution in [0.15, 0.2) is 11.6 Å². The summed E-state index contributed by atoms with van der Waals surface area (Å²) in [6.45, 7) is 4.19. The molecule has 0 saturated carbocycles. The molecule has 16 heavy (non-hydrogen) atoms. The fourth-order valence-electron chi connectivity index (χ4n) is 1.89. The Morgan fingerprint density at radius 3 is 3.25 bits per heavy atom. The third-order valence-electron chi connectivity index (χ3n) is 2.86. The van der Waals surface area contributed by atoms with Gasteiger partial charge in [-0.25, -0.2) is 4.98 Å². The number of carboxylic acid groups (broad SMARTS) is 1. The summed E-state index contributed by atoms with van der Waals surface area (Å²) in [6.07, 6.45) is 1.79. The number of carbonyl (C=O) groups is 1. The lowest BCUT2D eigenvalue weighted by atomic mass is 10.1. The van der Waals surface area contributed by atoms with Crippen LogP contribution in [0.2, 0.25) is 0 Å². The summed E-state index contributed by atoms with van der Waals surface area (Å²) in [6, 6.07) is -0.264. The number of nitrogens with zero attached hydrogens (tertiary/aromatic N) is 2. The summed E-state index contributed by atoms with van der Waals surface area (Å²) in [7, 11) is 0. The minimum absolute atomic E-state index is 0.198. The third-order valence-corrected chi connectivity index (χ3v) is 3.81.